The third-order valence-electron chi connectivity index (χ3n) is 7.42. The van der Waals surface area contributed by atoms with Crippen LogP contribution in [0.25, 0.3) is 17.2 Å². The Hall–Kier alpha value is -4.37. The van der Waals surface area contributed by atoms with Gasteiger partial charge < -0.3 is 24.6 Å². The number of amides is 2. The predicted molar refractivity (Wildman–Crippen MR) is 178 cm³/mol. The maximum Gasteiger partial charge on any atom is 0.335 e. The Morgan fingerprint density at radius 2 is 1.77 bits per heavy atom. The molecule has 2 saturated heterocycles. The Morgan fingerprint density at radius 1 is 1.02 bits per heavy atom. The molecular weight excluding hydrogens is 653 g/mol. The standard InChI is InChI=1S/C33H31F2N3O7S2/c1-43-28-17-21(32(41)42)2-4-26(28)36-30(39)6-7-38-31(40)29(47-33(38)46)18-23-14-20(22-15-24(34)19-25(35)16-22)3-5-27(23)45-13-10-37-8-11-44-12-9-37/h2-5,14-19H,6-13H2,1H3,(H,36,39)(H,41,42)/b29-18-. The molecule has 47 heavy (non-hydrogen) atoms. The molecule has 2 aliphatic rings. The van der Waals surface area contributed by atoms with Crippen LogP contribution in [0.2, 0.25) is 0 Å². The zero-order valence-corrected chi connectivity index (χ0v) is 26.9. The molecule has 0 atom stereocenters. The Labute approximate surface area is 279 Å². The fraction of sp³-hybridized carbons (Fsp3) is 0.273. The number of nitrogens with zero attached hydrogens (tertiary/aromatic N) is 2. The van der Waals surface area contributed by atoms with Gasteiger partial charge in [0, 0.05) is 44.2 Å². The first kappa shape index (κ1) is 34.0. The van der Waals surface area contributed by atoms with Gasteiger partial charge in [-0.1, -0.05) is 30.0 Å². The Kier molecular flexibility index (Phi) is 11.2. The molecule has 0 spiro atoms. The van der Waals surface area contributed by atoms with E-state index in [-0.39, 0.29) is 34.3 Å². The first-order valence-electron chi connectivity index (χ1n) is 14.6. The molecule has 246 valence electrons. The fourth-order valence-corrected chi connectivity index (χ4v) is 6.29. The van der Waals surface area contributed by atoms with Crippen LogP contribution >= 0.6 is 24.0 Å². The Balaban J connectivity index is 1.31. The van der Waals surface area contributed by atoms with Crippen LogP contribution in [0.3, 0.4) is 0 Å². The number of hydrogen-bond acceptors (Lipinski definition) is 9. The van der Waals surface area contributed by atoms with E-state index >= 15 is 0 Å². The Bertz CT molecular complexity index is 1710. The highest BCUT2D eigenvalue weighted by molar-refractivity contribution is 8.26. The number of rotatable bonds is 12. The summed E-state index contributed by atoms with van der Waals surface area (Å²) in [5, 5.41) is 11.9. The van der Waals surface area contributed by atoms with E-state index in [9.17, 15) is 28.3 Å². The van der Waals surface area contributed by atoms with Gasteiger partial charge in [-0.05, 0) is 59.7 Å². The summed E-state index contributed by atoms with van der Waals surface area (Å²) in [5.74, 6) is -2.75. The molecule has 2 fully saturated rings. The minimum atomic E-state index is -1.13. The number of carboxylic acids is 1. The van der Waals surface area contributed by atoms with Gasteiger partial charge >= 0.3 is 5.97 Å². The van der Waals surface area contributed by atoms with E-state index in [1.54, 1.807) is 24.3 Å². The van der Waals surface area contributed by atoms with Crippen molar-refractivity contribution in [3.8, 4) is 22.6 Å². The van der Waals surface area contributed by atoms with Crippen molar-refractivity contribution in [1.29, 1.82) is 0 Å². The zero-order valence-electron chi connectivity index (χ0n) is 25.3. The van der Waals surface area contributed by atoms with Gasteiger partial charge in [0.2, 0.25) is 5.91 Å². The third kappa shape index (κ3) is 8.71. The molecule has 2 N–H and O–H groups in total. The van der Waals surface area contributed by atoms with E-state index in [2.05, 4.69) is 10.2 Å². The van der Waals surface area contributed by atoms with Crippen LogP contribution in [0.1, 0.15) is 22.3 Å². The van der Waals surface area contributed by atoms with E-state index in [0.29, 0.717) is 53.7 Å². The summed E-state index contributed by atoms with van der Waals surface area (Å²) in [6.45, 7) is 3.93. The average Bonchev–Trinajstić information content (AvgIpc) is 3.31. The molecule has 2 aliphatic heterocycles. The van der Waals surface area contributed by atoms with Crippen LogP contribution in [-0.4, -0.2) is 90.1 Å². The SMILES string of the molecule is COc1cc(C(=O)O)ccc1NC(=O)CCN1C(=O)/C(=C/c2cc(-c3cc(F)cc(F)c3)ccc2OCCN2CCOCC2)SC1=S. The lowest BCUT2D eigenvalue weighted by Crippen LogP contribution is -2.38. The molecule has 3 aromatic carbocycles. The summed E-state index contributed by atoms with van der Waals surface area (Å²) < 4.78 is 45.0. The molecule has 2 heterocycles. The van der Waals surface area contributed by atoms with Crippen molar-refractivity contribution in [2.75, 3.05) is 58.4 Å². The first-order chi connectivity index (χ1) is 22.6. The van der Waals surface area contributed by atoms with Crippen LogP contribution < -0.4 is 14.8 Å². The molecule has 0 radical (unpaired) electrons. The average molecular weight is 684 g/mol. The normalized spacial score (nSPS) is 16.1. The quantitative estimate of drug-likeness (QED) is 0.193. The molecule has 10 nitrogen and oxygen atoms in total. The van der Waals surface area contributed by atoms with Crippen molar-refractivity contribution < 1.29 is 42.5 Å². The number of anilines is 1. The van der Waals surface area contributed by atoms with Crippen molar-refractivity contribution in [2.45, 2.75) is 6.42 Å². The van der Waals surface area contributed by atoms with Crippen molar-refractivity contribution in [3.63, 3.8) is 0 Å². The summed E-state index contributed by atoms with van der Waals surface area (Å²) in [6.07, 6.45) is 1.53. The van der Waals surface area contributed by atoms with E-state index in [1.807, 2.05) is 0 Å². The zero-order chi connectivity index (χ0) is 33.5. The first-order valence-corrected chi connectivity index (χ1v) is 15.8. The number of hydrogen-bond donors (Lipinski definition) is 2. The second kappa shape index (κ2) is 15.5. The summed E-state index contributed by atoms with van der Waals surface area (Å²) in [6, 6.07) is 12.4. The summed E-state index contributed by atoms with van der Waals surface area (Å²) in [7, 11) is 1.36. The number of carboxylic acid groups (broad SMARTS) is 1. The second-order valence-electron chi connectivity index (χ2n) is 10.6. The topological polar surface area (TPSA) is 118 Å². The molecule has 0 bridgehead atoms. The van der Waals surface area contributed by atoms with E-state index in [0.717, 1.165) is 30.9 Å². The molecule has 0 unspecified atom stereocenters. The number of methoxy groups -OCH3 is 1. The predicted octanol–water partition coefficient (Wildman–Crippen LogP) is 5.28. The number of ether oxygens (including phenoxy) is 3. The minimum absolute atomic E-state index is 0.00324. The molecular formula is C33H31F2N3O7S2. The van der Waals surface area contributed by atoms with Crippen molar-refractivity contribution in [1.82, 2.24) is 9.80 Å². The molecule has 2 amide bonds. The molecule has 0 aliphatic carbocycles. The highest BCUT2D eigenvalue weighted by Crippen LogP contribution is 2.36. The number of benzene rings is 3. The number of nitrogens with one attached hydrogen (secondary N) is 1. The largest absolute Gasteiger partial charge is 0.495 e. The lowest BCUT2D eigenvalue weighted by molar-refractivity contribution is -0.122. The fourth-order valence-electron chi connectivity index (χ4n) is 4.99. The van der Waals surface area contributed by atoms with Crippen LogP contribution in [0.5, 0.6) is 11.5 Å². The highest BCUT2D eigenvalue weighted by Gasteiger charge is 2.32. The lowest BCUT2D eigenvalue weighted by atomic mass is 10.0. The van der Waals surface area contributed by atoms with Crippen LogP contribution in [0, 0.1) is 11.6 Å². The molecule has 14 heteroatoms. The van der Waals surface area contributed by atoms with Gasteiger partial charge in [-0.15, -0.1) is 0 Å². The third-order valence-corrected chi connectivity index (χ3v) is 8.80. The van der Waals surface area contributed by atoms with Crippen molar-refractivity contribution in [3.05, 3.63) is 82.3 Å². The number of thioether (sulfide) groups is 1. The highest BCUT2D eigenvalue weighted by atomic mass is 32.2. The van der Waals surface area contributed by atoms with Gasteiger partial charge in [-0.2, -0.15) is 0 Å². The van der Waals surface area contributed by atoms with Crippen molar-refractivity contribution >= 4 is 57.8 Å². The molecule has 5 rings (SSSR count). The number of halogens is 2. The smallest absolute Gasteiger partial charge is 0.335 e. The van der Waals surface area contributed by atoms with Gasteiger partial charge in [-0.3, -0.25) is 19.4 Å². The van der Waals surface area contributed by atoms with Gasteiger partial charge in [0.25, 0.3) is 5.91 Å². The number of carbonyl (C=O) groups is 3. The van der Waals surface area contributed by atoms with Gasteiger partial charge in [-0.25, -0.2) is 13.6 Å². The second-order valence-corrected chi connectivity index (χ2v) is 12.2. The number of thiocarbonyl (C=S) groups is 1. The summed E-state index contributed by atoms with van der Waals surface area (Å²) in [4.78, 5) is 41.3. The maximum absolute atomic E-state index is 14.0. The van der Waals surface area contributed by atoms with Crippen molar-refractivity contribution in [2.24, 2.45) is 0 Å². The van der Waals surface area contributed by atoms with Gasteiger partial charge in [0.05, 0.1) is 36.5 Å². The maximum atomic E-state index is 14.0. The molecule has 0 aromatic heterocycles. The van der Waals surface area contributed by atoms with Gasteiger partial charge in [0.1, 0.15) is 34.1 Å². The van der Waals surface area contributed by atoms with E-state index in [4.69, 9.17) is 26.4 Å². The monoisotopic (exact) mass is 683 g/mol. The lowest BCUT2D eigenvalue weighted by Gasteiger charge is -2.26. The van der Waals surface area contributed by atoms with Crippen LogP contribution in [-0.2, 0) is 14.3 Å². The minimum Gasteiger partial charge on any atom is -0.495 e. The summed E-state index contributed by atoms with van der Waals surface area (Å²) in [5.41, 5.74) is 1.65. The Morgan fingerprint density at radius 3 is 2.47 bits per heavy atom. The van der Waals surface area contributed by atoms with Crippen LogP contribution in [0.15, 0.2) is 59.5 Å². The number of aromatic carboxylic acids is 1. The number of morpholine rings is 1. The van der Waals surface area contributed by atoms with Crippen LogP contribution in [0.4, 0.5) is 14.5 Å². The molecule has 3 aromatic rings. The van der Waals surface area contributed by atoms with Gasteiger partial charge in [0.15, 0.2) is 0 Å². The van der Waals surface area contributed by atoms with E-state index < -0.39 is 29.4 Å². The molecule has 0 saturated carbocycles. The van der Waals surface area contributed by atoms with E-state index in [1.165, 1.54) is 42.3 Å². The number of carbonyl (C=O) groups excluding carboxylic acids is 2. The summed E-state index contributed by atoms with van der Waals surface area (Å²) >= 11 is 6.53.